The molecule has 1 heterocycles. The molecule has 2 N–H and O–H groups in total. The van der Waals surface area contributed by atoms with Gasteiger partial charge in [0.25, 0.3) is 0 Å². The molecular formula is C11H15ClFN3. The Kier molecular flexibility index (Phi) is 5.05. The first-order valence-corrected chi connectivity index (χ1v) is 5.11. The van der Waals surface area contributed by atoms with Crippen molar-refractivity contribution in [3.8, 4) is 0 Å². The van der Waals surface area contributed by atoms with E-state index in [-0.39, 0.29) is 18.2 Å². The zero-order valence-electron chi connectivity index (χ0n) is 8.87. The number of nitrogens with zero attached hydrogens (tertiary/aromatic N) is 1. The molecule has 2 rings (SSSR count). The molecule has 1 aromatic rings. The minimum absolute atomic E-state index is 0. The zero-order valence-corrected chi connectivity index (χ0v) is 9.69. The summed E-state index contributed by atoms with van der Waals surface area (Å²) < 4.78 is 12.6. The van der Waals surface area contributed by atoms with E-state index >= 15 is 0 Å². The van der Waals surface area contributed by atoms with E-state index in [0.717, 1.165) is 37.6 Å². The molecule has 0 unspecified atom stereocenters. The Labute approximate surface area is 101 Å². The van der Waals surface area contributed by atoms with Crippen molar-refractivity contribution < 1.29 is 4.39 Å². The highest BCUT2D eigenvalue weighted by atomic mass is 35.5. The number of guanidine groups is 1. The summed E-state index contributed by atoms with van der Waals surface area (Å²) in [5.74, 6) is 0.686. The van der Waals surface area contributed by atoms with Crippen LogP contribution in [0, 0.1) is 5.82 Å². The van der Waals surface area contributed by atoms with Gasteiger partial charge in [0, 0.05) is 13.1 Å². The Morgan fingerprint density at radius 1 is 1.31 bits per heavy atom. The molecule has 0 saturated heterocycles. The van der Waals surface area contributed by atoms with Gasteiger partial charge in [-0.2, -0.15) is 0 Å². The van der Waals surface area contributed by atoms with Gasteiger partial charge in [-0.15, -0.1) is 12.4 Å². The quantitative estimate of drug-likeness (QED) is 0.841. The van der Waals surface area contributed by atoms with Crippen LogP contribution in [0.1, 0.15) is 5.56 Å². The third kappa shape index (κ3) is 3.70. The van der Waals surface area contributed by atoms with Crippen LogP contribution < -0.4 is 10.6 Å². The summed E-state index contributed by atoms with van der Waals surface area (Å²) in [6, 6.07) is 6.59. The lowest BCUT2D eigenvalue weighted by atomic mass is 10.1. The smallest absolute Gasteiger partial charge is 0.191 e. The average Bonchev–Trinajstić information content (AvgIpc) is 2.74. The van der Waals surface area contributed by atoms with Crippen LogP contribution in [-0.2, 0) is 6.42 Å². The number of rotatable bonds is 3. The second kappa shape index (κ2) is 6.33. The third-order valence-corrected chi connectivity index (χ3v) is 2.29. The van der Waals surface area contributed by atoms with Gasteiger partial charge in [-0.05, 0) is 24.1 Å². The maximum absolute atomic E-state index is 12.6. The van der Waals surface area contributed by atoms with Crippen LogP contribution in [0.2, 0.25) is 0 Å². The number of aliphatic imine (C=N–C) groups is 1. The lowest BCUT2D eigenvalue weighted by Gasteiger charge is -2.06. The van der Waals surface area contributed by atoms with E-state index in [4.69, 9.17) is 0 Å². The topological polar surface area (TPSA) is 36.4 Å². The maximum Gasteiger partial charge on any atom is 0.191 e. The largest absolute Gasteiger partial charge is 0.356 e. The van der Waals surface area contributed by atoms with Crippen molar-refractivity contribution in [1.29, 1.82) is 0 Å². The molecule has 0 fully saturated rings. The van der Waals surface area contributed by atoms with Crippen molar-refractivity contribution in [3.05, 3.63) is 35.6 Å². The Morgan fingerprint density at radius 3 is 2.69 bits per heavy atom. The summed E-state index contributed by atoms with van der Waals surface area (Å²) in [6.45, 7) is 2.58. The standard InChI is InChI=1S/C11H14FN3.ClH/c12-10-3-1-9(2-4-10)5-6-13-11-14-7-8-15-11;/h1-4H,5-8H2,(H2,13,14,15);1H. The molecule has 0 aliphatic carbocycles. The van der Waals surface area contributed by atoms with E-state index in [1.54, 1.807) is 12.1 Å². The lowest BCUT2D eigenvalue weighted by molar-refractivity contribution is 0.627. The Morgan fingerprint density at radius 2 is 2.06 bits per heavy atom. The number of benzene rings is 1. The molecule has 3 nitrogen and oxygen atoms in total. The van der Waals surface area contributed by atoms with Gasteiger partial charge in [-0.1, -0.05) is 12.1 Å². The van der Waals surface area contributed by atoms with Gasteiger partial charge in [-0.3, -0.25) is 4.99 Å². The highest BCUT2D eigenvalue weighted by molar-refractivity contribution is 5.85. The van der Waals surface area contributed by atoms with Crippen LogP contribution >= 0.6 is 12.4 Å². The van der Waals surface area contributed by atoms with Crippen LogP contribution in [0.25, 0.3) is 0 Å². The molecule has 0 saturated carbocycles. The molecule has 0 amide bonds. The van der Waals surface area contributed by atoms with E-state index in [9.17, 15) is 4.39 Å². The van der Waals surface area contributed by atoms with Crippen molar-refractivity contribution in [2.45, 2.75) is 6.42 Å². The van der Waals surface area contributed by atoms with E-state index in [1.807, 2.05) is 0 Å². The van der Waals surface area contributed by atoms with Gasteiger partial charge >= 0.3 is 0 Å². The average molecular weight is 244 g/mol. The second-order valence-electron chi connectivity index (χ2n) is 3.46. The molecule has 16 heavy (non-hydrogen) atoms. The Balaban J connectivity index is 0.00000128. The Bertz CT molecular complexity index is 351. The molecule has 0 atom stereocenters. The van der Waals surface area contributed by atoms with Crippen molar-refractivity contribution in [2.75, 3.05) is 19.6 Å². The summed E-state index contributed by atoms with van der Waals surface area (Å²) in [5.41, 5.74) is 1.13. The highest BCUT2D eigenvalue weighted by Crippen LogP contribution is 2.02. The van der Waals surface area contributed by atoms with Gasteiger partial charge in [0.15, 0.2) is 5.96 Å². The summed E-state index contributed by atoms with van der Waals surface area (Å²) in [4.78, 5) is 4.22. The SMILES string of the molecule is Cl.Fc1ccc(CCNC2=NCCN2)cc1. The van der Waals surface area contributed by atoms with Gasteiger partial charge in [0.05, 0.1) is 6.54 Å². The molecule has 0 bridgehead atoms. The minimum atomic E-state index is -0.187. The van der Waals surface area contributed by atoms with E-state index in [2.05, 4.69) is 15.6 Å². The lowest BCUT2D eigenvalue weighted by Crippen LogP contribution is -2.34. The first-order valence-electron chi connectivity index (χ1n) is 5.11. The minimum Gasteiger partial charge on any atom is -0.356 e. The number of halogens is 2. The normalized spacial score (nSPS) is 13.7. The third-order valence-electron chi connectivity index (χ3n) is 2.29. The first kappa shape index (κ1) is 12.8. The van der Waals surface area contributed by atoms with Crippen molar-refractivity contribution >= 4 is 18.4 Å². The molecule has 5 heteroatoms. The van der Waals surface area contributed by atoms with E-state index in [0.29, 0.717) is 0 Å². The van der Waals surface area contributed by atoms with Crippen molar-refractivity contribution in [2.24, 2.45) is 4.99 Å². The van der Waals surface area contributed by atoms with Crippen molar-refractivity contribution in [3.63, 3.8) is 0 Å². The molecule has 0 radical (unpaired) electrons. The molecule has 0 aromatic heterocycles. The van der Waals surface area contributed by atoms with E-state index in [1.165, 1.54) is 12.1 Å². The van der Waals surface area contributed by atoms with Crippen LogP contribution in [0.3, 0.4) is 0 Å². The summed E-state index contributed by atoms with van der Waals surface area (Å²) in [7, 11) is 0. The van der Waals surface area contributed by atoms with Crippen LogP contribution in [0.4, 0.5) is 4.39 Å². The van der Waals surface area contributed by atoms with Gasteiger partial charge < -0.3 is 10.6 Å². The summed E-state index contributed by atoms with van der Waals surface area (Å²) in [5, 5.41) is 6.32. The van der Waals surface area contributed by atoms with Crippen LogP contribution in [0.5, 0.6) is 0 Å². The van der Waals surface area contributed by atoms with Crippen molar-refractivity contribution in [1.82, 2.24) is 10.6 Å². The zero-order chi connectivity index (χ0) is 10.5. The number of hydrogen-bond acceptors (Lipinski definition) is 3. The van der Waals surface area contributed by atoms with Crippen LogP contribution in [-0.4, -0.2) is 25.6 Å². The van der Waals surface area contributed by atoms with E-state index < -0.39 is 0 Å². The molecule has 1 aromatic carbocycles. The van der Waals surface area contributed by atoms with Gasteiger partial charge in [-0.25, -0.2) is 4.39 Å². The first-order chi connectivity index (χ1) is 7.34. The molecule has 88 valence electrons. The molecule has 1 aliphatic rings. The summed E-state index contributed by atoms with van der Waals surface area (Å²) in [6.07, 6.45) is 0.876. The fourth-order valence-corrected chi connectivity index (χ4v) is 1.49. The fourth-order valence-electron chi connectivity index (χ4n) is 1.49. The maximum atomic E-state index is 12.6. The summed E-state index contributed by atoms with van der Waals surface area (Å²) >= 11 is 0. The number of nitrogens with one attached hydrogen (secondary N) is 2. The van der Waals surface area contributed by atoms with Gasteiger partial charge in [0.1, 0.15) is 5.82 Å². The monoisotopic (exact) mass is 243 g/mol. The van der Waals surface area contributed by atoms with Gasteiger partial charge in [0.2, 0.25) is 0 Å². The highest BCUT2D eigenvalue weighted by Gasteiger charge is 2.02. The predicted octanol–water partition coefficient (Wildman–Crippen LogP) is 1.34. The fraction of sp³-hybridized carbons (Fsp3) is 0.364. The number of hydrogen-bond donors (Lipinski definition) is 2. The van der Waals surface area contributed by atoms with Crippen LogP contribution in [0.15, 0.2) is 29.3 Å². The second-order valence-corrected chi connectivity index (χ2v) is 3.46. The predicted molar refractivity (Wildman–Crippen MR) is 65.7 cm³/mol. The molecular weight excluding hydrogens is 229 g/mol. The molecule has 1 aliphatic heterocycles. The molecule has 0 spiro atoms. The Hall–Kier alpha value is -1.29.